The minimum absolute atomic E-state index is 0.0668. The molecule has 4 aromatic rings. The number of fused-ring (bicyclic) bond motifs is 1. The molecule has 0 fully saturated rings. The second kappa shape index (κ2) is 9.60. The third-order valence-electron chi connectivity index (χ3n) is 5.67. The van der Waals surface area contributed by atoms with Crippen LogP contribution in [0.3, 0.4) is 0 Å². The molecule has 3 aromatic heterocycles. The van der Waals surface area contributed by atoms with Gasteiger partial charge in [0.25, 0.3) is 0 Å². The maximum absolute atomic E-state index is 11.8. The Bertz CT molecular complexity index is 1320. The van der Waals surface area contributed by atoms with E-state index in [0.29, 0.717) is 5.75 Å². The second-order valence-corrected chi connectivity index (χ2v) is 10.8. The maximum Gasteiger partial charge on any atom is 0.222 e. The molecular formula is C27H32N4O2S. The molecule has 1 aromatic carbocycles. The number of aryl methyl sites for hydroxylation is 1. The van der Waals surface area contributed by atoms with E-state index < -0.39 is 0 Å². The molecule has 0 saturated heterocycles. The molecular weight excluding hydrogens is 444 g/mol. The minimum Gasteiger partial charge on any atom is -0.485 e. The van der Waals surface area contributed by atoms with Gasteiger partial charge in [0.2, 0.25) is 5.91 Å². The number of hydrogen-bond donors (Lipinski definition) is 2. The lowest BCUT2D eigenvalue weighted by Crippen LogP contribution is -2.35. The van der Waals surface area contributed by atoms with Gasteiger partial charge in [-0.1, -0.05) is 24.3 Å². The van der Waals surface area contributed by atoms with Crippen molar-refractivity contribution in [3.05, 3.63) is 76.4 Å². The van der Waals surface area contributed by atoms with Crippen LogP contribution >= 0.6 is 11.3 Å². The Morgan fingerprint density at radius 3 is 2.74 bits per heavy atom. The number of aromatic nitrogens is 2. The van der Waals surface area contributed by atoms with E-state index in [1.54, 1.807) is 0 Å². The first-order chi connectivity index (χ1) is 16.1. The molecule has 6 nitrogen and oxygen atoms in total. The molecule has 4 rings (SSSR count). The van der Waals surface area contributed by atoms with Gasteiger partial charge in [0.1, 0.15) is 17.5 Å². The van der Waals surface area contributed by atoms with Crippen molar-refractivity contribution in [3.63, 3.8) is 0 Å². The van der Waals surface area contributed by atoms with Crippen LogP contribution in [0.5, 0.6) is 5.75 Å². The van der Waals surface area contributed by atoms with Crippen molar-refractivity contribution >= 4 is 22.9 Å². The largest absolute Gasteiger partial charge is 0.485 e. The Labute approximate surface area is 204 Å². The molecule has 3 N–H and O–H groups in total. The fourth-order valence-corrected chi connectivity index (χ4v) is 5.07. The molecule has 34 heavy (non-hydrogen) atoms. The molecule has 0 saturated carbocycles. The zero-order valence-corrected chi connectivity index (χ0v) is 21.2. The summed E-state index contributed by atoms with van der Waals surface area (Å²) in [6, 6.07) is 14.4. The summed E-state index contributed by atoms with van der Waals surface area (Å²) >= 11 is 1.52. The molecule has 1 amide bonds. The normalized spacial score (nSPS) is 12.7. The highest BCUT2D eigenvalue weighted by Gasteiger charge is 2.20. The van der Waals surface area contributed by atoms with E-state index >= 15 is 0 Å². The van der Waals surface area contributed by atoms with Gasteiger partial charge < -0.3 is 15.8 Å². The van der Waals surface area contributed by atoms with Crippen LogP contribution in [0.25, 0.3) is 16.2 Å². The second-order valence-electron chi connectivity index (χ2n) is 9.67. The van der Waals surface area contributed by atoms with E-state index in [0.717, 1.165) is 33.2 Å². The number of rotatable bonds is 8. The minimum atomic E-state index is -0.379. The van der Waals surface area contributed by atoms with E-state index in [9.17, 15) is 4.79 Å². The first-order valence-electron chi connectivity index (χ1n) is 11.5. The molecule has 0 radical (unpaired) electrons. The highest BCUT2D eigenvalue weighted by atomic mass is 32.1. The standard InChI is InChI=1S/C27H32N4O2S/c1-17-12-19(15-30-27(3,4)5)9-10-20(17)18(2)33-22-13-23(34-24(22)14-25(28)32)21-16-29-26-8-6-7-11-31(21)26/h6-13,16,18,30H,14-15H2,1-5H3,(H2,28,32)/t18-/m1/s1. The number of ether oxygens (including phenoxy) is 1. The fourth-order valence-electron chi connectivity index (χ4n) is 3.96. The number of carbonyl (C=O) groups is 1. The number of imidazole rings is 1. The van der Waals surface area contributed by atoms with Gasteiger partial charge >= 0.3 is 0 Å². The number of hydrogen-bond acceptors (Lipinski definition) is 5. The van der Waals surface area contributed by atoms with Crippen LogP contribution in [0, 0.1) is 6.92 Å². The number of primary amides is 1. The SMILES string of the molecule is Cc1cc(CNC(C)(C)C)ccc1[C@@H](C)Oc1cc(-c2cnc3ccccn23)sc1CC(N)=O. The Balaban J connectivity index is 1.59. The van der Waals surface area contributed by atoms with Gasteiger partial charge in [-0.3, -0.25) is 9.20 Å². The number of benzene rings is 1. The topological polar surface area (TPSA) is 81.7 Å². The van der Waals surface area contributed by atoms with E-state index in [4.69, 9.17) is 10.5 Å². The van der Waals surface area contributed by atoms with E-state index in [1.807, 2.05) is 48.0 Å². The van der Waals surface area contributed by atoms with Gasteiger partial charge in [0.15, 0.2) is 0 Å². The monoisotopic (exact) mass is 476 g/mol. The van der Waals surface area contributed by atoms with Crippen molar-refractivity contribution in [3.8, 4) is 16.3 Å². The van der Waals surface area contributed by atoms with Gasteiger partial charge in [-0.05, 0) is 63.4 Å². The van der Waals surface area contributed by atoms with Crippen LogP contribution in [0.15, 0.2) is 54.9 Å². The summed E-state index contributed by atoms with van der Waals surface area (Å²) in [5, 5.41) is 3.53. The maximum atomic E-state index is 11.8. The van der Waals surface area contributed by atoms with E-state index in [2.05, 4.69) is 56.2 Å². The van der Waals surface area contributed by atoms with Crippen LogP contribution < -0.4 is 15.8 Å². The summed E-state index contributed by atoms with van der Waals surface area (Å²) in [5.74, 6) is 0.311. The van der Waals surface area contributed by atoms with E-state index in [1.165, 1.54) is 22.5 Å². The summed E-state index contributed by atoms with van der Waals surface area (Å²) in [7, 11) is 0. The highest BCUT2D eigenvalue weighted by molar-refractivity contribution is 7.15. The molecule has 0 unspecified atom stereocenters. The third kappa shape index (κ3) is 5.48. The Kier molecular flexibility index (Phi) is 6.77. The lowest BCUT2D eigenvalue weighted by Gasteiger charge is -2.22. The lowest BCUT2D eigenvalue weighted by atomic mass is 10.0. The number of nitrogens with zero attached hydrogens (tertiary/aromatic N) is 2. The molecule has 178 valence electrons. The Morgan fingerprint density at radius 1 is 1.24 bits per heavy atom. The average molecular weight is 477 g/mol. The summed E-state index contributed by atoms with van der Waals surface area (Å²) in [6.07, 6.45) is 3.78. The average Bonchev–Trinajstić information content (AvgIpc) is 3.35. The zero-order valence-electron chi connectivity index (χ0n) is 20.4. The molecule has 0 aliphatic carbocycles. The number of nitrogens with one attached hydrogen (secondary N) is 1. The first-order valence-corrected chi connectivity index (χ1v) is 12.3. The predicted molar refractivity (Wildman–Crippen MR) is 138 cm³/mol. The summed E-state index contributed by atoms with van der Waals surface area (Å²) in [6.45, 7) is 11.4. The summed E-state index contributed by atoms with van der Waals surface area (Å²) in [4.78, 5) is 18.1. The zero-order chi connectivity index (χ0) is 24.5. The van der Waals surface area contributed by atoms with Crippen molar-refractivity contribution in [2.45, 2.75) is 59.2 Å². The van der Waals surface area contributed by atoms with Crippen LogP contribution in [0.1, 0.15) is 55.4 Å². The molecule has 7 heteroatoms. The molecule has 1 atom stereocenters. The van der Waals surface area contributed by atoms with Gasteiger partial charge in [-0.2, -0.15) is 0 Å². The smallest absolute Gasteiger partial charge is 0.222 e. The molecule has 0 bridgehead atoms. The molecule has 0 aliphatic rings. The van der Waals surface area contributed by atoms with Crippen molar-refractivity contribution in [2.24, 2.45) is 5.73 Å². The van der Waals surface area contributed by atoms with Crippen LogP contribution in [-0.2, 0) is 17.8 Å². The van der Waals surface area contributed by atoms with E-state index in [-0.39, 0.29) is 24.0 Å². The molecule has 3 heterocycles. The van der Waals surface area contributed by atoms with Gasteiger partial charge in [-0.15, -0.1) is 11.3 Å². The first kappa shape index (κ1) is 24.0. The lowest BCUT2D eigenvalue weighted by molar-refractivity contribution is -0.117. The predicted octanol–water partition coefficient (Wildman–Crippen LogP) is 5.43. The fraction of sp³-hybridized carbons (Fsp3) is 0.333. The quantitative estimate of drug-likeness (QED) is 0.355. The van der Waals surface area contributed by atoms with Crippen LogP contribution in [-0.4, -0.2) is 20.8 Å². The number of nitrogens with two attached hydrogens (primary N) is 1. The molecule has 0 aliphatic heterocycles. The summed E-state index contributed by atoms with van der Waals surface area (Å²) in [5.41, 5.74) is 11.0. The van der Waals surface area contributed by atoms with Crippen molar-refractivity contribution in [2.75, 3.05) is 0 Å². The van der Waals surface area contributed by atoms with Crippen molar-refractivity contribution in [1.29, 1.82) is 0 Å². The highest BCUT2D eigenvalue weighted by Crippen LogP contribution is 2.39. The van der Waals surface area contributed by atoms with Gasteiger partial charge in [0, 0.05) is 24.3 Å². The van der Waals surface area contributed by atoms with Crippen molar-refractivity contribution in [1.82, 2.24) is 14.7 Å². The molecule has 0 spiro atoms. The third-order valence-corrected chi connectivity index (χ3v) is 6.81. The Hall–Kier alpha value is -3.16. The summed E-state index contributed by atoms with van der Waals surface area (Å²) < 4.78 is 8.44. The number of carbonyl (C=O) groups excluding carboxylic acids is 1. The number of pyridine rings is 1. The number of thiophene rings is 1. The van der Waals surface area contributed by atoms with Gasteiger partial charge in [0.05, 0.1) is 28.1 Å². The van der Waals surface area contributed by atoms with Crippen LogP contribution in [0.4, 0.5) is 0 Å². The van der Waals surface area contributed by atoms with Crippen molar-refractivity contribution < 1.29 is 9.53 Å². The van der Waals surface area contributed by atoms with Crippen LogP contribution in [0.2, 0.25) is 0 Å². The Morgan fingerprint density at radius 2 is 2.03 bits per heavy atom. The van der Waals surface area contributed by atoms with Gasteiger partial charge in [-0.25, -0.2) is 4.98 Å². The number of amides is 1.